The molecule has 0 unspecified atom stereocenters. The van der Waals surface area contributed by atoms with Crippen LogP contribution >= 0.6 is 0 Å². The maximum absolute atomic E-state index is 2.44. The summed E-state index contributed by atoms with van der Waals surface area (Å²) < 4.78 is 14.5. The zero-order valence-corrected chi connectivity index (χ0v) is 58.8. The second-order valence-corrected chi connectivity index (χ2v) is 28.4. The van der Waals surface area contributed by atoms with Gasteiger partial charge in [0.1, 0.15) is 0 Å². The Labute approximate surface area is 622 Å². The second kappa shape index (κ2) is 24.6. The Hall–Kier alpha value is -14.5. The van der Waals surface area contributed by atoms with E-state index in [0.717, 1.165) is 22.7 Å². The molecule has 0 atom stereocenters. The molecule has 108 heavy (non-hydrogen) atoms. The van der Waals surface area contributed by atoms with Crippen LogP contribution in [0.2, 0.25) is 0 Å². The molecule has 0 amide bonds. The molecule has 0 radical (unpaired) electrons. The summed E-state index contributed by atoms with van der Waals surface area (Å²) in [5, 5.41) is 15.0. The predicted octanol–water partition coefficient (Wildman–Crippen LogP) is 27.0. The standard InChI is InChI=1S/C54H35N3.C48H31N3/c1-4-15-36(16-5-1)37-17-14-22-42(31-37)57-50-26-13-11-24-44(50)47-34-48-46-33-39(28-30-52(46)56(54(48)35-53(47)57)41-20-8-3-9-21-41)38-27-29-51-45(32-38)43-23-10-12-25-49(43)55(51)40-18-6-2-7-19-40;1-4-14-34(15-5-1)49-43-22-12-10-20-37(43)39-26-24-33(29-46(39)49)32-25-27-45-40(28-32)42-30-41-38-21-11-13-23-44(38)50(35-16-6-2-7-17-35)47(41)31-48(42)51(45)36-18-8-3-9-19-36/h1-35H;1-31H. The molecule has 6 aromatic heterocycles. The smallest absolute Gasteiger partial charge is 0.0562 e. The Bertz CT molecular complexity index is 7500. The average molecular weight is 1380 g/mol. The number of hydrogen-bond donors (Lipinski definition) is 0. The lowest BCUT2D eigenvalue weighted by atomic mass is 10.00. The van der Waals surface area contributed by atoms with Crippen molar-refractivity contribution in [3.63, 3.8) is 0 Å². The maximum Gasteiger partial charge on any atom is 0.0562 e. The highest BCUT2D eigenvalue weighted by Crippen LogP contribution is 2.46. The summed E-state index contributed by atoms with van der Waals surface area (Å²) in [6.45, 7) is 0. The highest BCUT2D eigenvalue weighted by Gasteiger charge is 2.24. The summed E-state index contributed by atoms with van der Waals surface area (Å²) in [7, 11) is 0. The van der Waals surface area contributed by atoms with Crippen LogP contribution in [0.5, 0.6) is 0 Å². The summed E-state index contributed by atoms with van der Waals surface area (Å²) in [6, 6.07) is 146. The van der Waals surface area contributed by atoms with Gasteiger partial charge in [-0.3, -0.25) is 0 Å². The first kappa shape index (κ1) is 61.1. The zero-order chi connectivity index (χ0) is 70.9. The van der Waals surface area contributed by atoms with Gasteiger partial charge in [-0.25, -0.2) is 0 Å². The Balaban J connectivity index is 0.000000135. The van der Waals surface area contributed by atoms with Crippen LogP contribution in [-0.2, 0) is 0 Å². The Kier molecular flexibility index (Phi) is 13.9. The van der Waals surface area contributed by atoms with E-state index in [1.165, 1.54) is 176 Å². The van der Waals surface area contributed by atoms with Gasteiger partial charge in [-0.2, -0.15) is 0 Å². The third-order valence-corrected chi connectivity index (χ3v) is 22.4. The number of nitrogens with zero attached hydrogens (tertiary/aromatic N) is 6. The van der Waals surface area contributed by atoms with Crippen molar-refractivity contribution in [1.82, 2.24) is 27.4 Å². The van der Waals surface area contributed by atoms with Gasteiger partial charge in [-0.1, -0.05) is 237 Å². The third kappa shape index (κ3) is 9.60. The van der Waals surface area contributed by atoms with Gasteiger partial charge < -0.3 is 27.4 Å². The number of hydrogen-bond acceptors (Lipinski definition) is 0. The molecule has 23 rings (SSSR count). The highest BCUT2D eigenvalue weighted by atomic mass is 15.0. The van der Waals surface area contributed by atoms with Crippen LogP contribution in [0, 0.1) is 0 Å². The lowest BCUT2D eigenvalue weighted by Gasteiger charge is -2.11. The second-order valence-electron chi connectivity index (χ2n) is 28.4. The summed E-state index contributed by atoms with van der Waals surface area (Å²) in [5.41, 5.74) is 28.6. The molecule has 6 heteroatoms. The highest BCUT2D eigenvalue weighted by molar-refractivity contribution is 6.22. The van der Waals surface area contributed by atoms with E-state index in [9.17, 15) is 0 Å². The fourth-order valence-corrected chi connectivity index (χ4v) is 17.6. The van der Waals surface area contributed by atoms with Crippen molar-refractivity contribution < 1.29 is 0 Å². The van der Waals surface area contributed by atoms with Gasteiger partial charge in [0.2, 0.25) is 0 Å². The molecule has 0 saturated heterocycles. The van der Waals surface area contributed by atoms with Crippen molar-refractivity contribution >= 4 is 131 Å². The van der Waals surface area contributed by atoms with Crippen LogP contribution in [-0.4, -0.2) is 27.4 Å². The molecule has 0 bridgehead atoms. The number of aromatic nitrogens is 6. The Morgan fingerprint density at radius 2 is 0.324 bits per heavy atom. The minimum Gasteiger partial charge on any atom is -0.309 e. The van der Waals surface area contributed by atoms with Crippen molar-refractivity contribution in [3.8, 4) is 67.5 Å². The van der Waals surface area contributed by atoms with E-state index < -0.39 is 0 Å². The van der Waals surface area contributed by atoms with E-state index in [0.29, 0.717) is 0 Å². The summed E-state index contributed by atoms with van der Waals surface area (Å²) in [4.78, 5) is 0. The first-order chi connectivity index (χ1) is 53.6. The van der Waals surface area contributed by atoms with Gasteiger partial charge in [0, 0.05) is 98.8 Å². The Morgan fingerprint density at radius 3 is 0.704 bits per heavy atom. The lowest BCUT2D eigenvalue weighted by Crippen LogP contribution is -1.96. The third-order valence-electron chi connectivity index (χ3n) is 22.4. The van der Waals surface area contributed by atoms with E-state index in [-0.39, 0.29) is 0 Å². The fraction of sp³-hybridized carbons (Fsp3) is 0. The van der Waals surface area contributed by atoms with Gasteiger partial charge in [-0.05, 0) is 197 Å². The van der Waals surface area contributed by atoms with E-state index in [1.807, 2.05) is 0 Å². The molecule has 0 spiro atoms. The monoisotopic (exact) mass is 1370 g/mol. The molecule has 6 heterocycles. The average Bonchev–Trinajstić information content (AvgIpc) is 1.57. The van der Waals surface area contributed by atoms with Gasteiger partial charge in [0.25, 0.3) is 0 Å². The summed E-state index contributed by atoms with van der Waals surface area (Å²) in [6.07, 6.45) is 0. The molecule has 6 nitrogen and oxygen atoms in total. The van der Waals surface area contributed by atoms with E-state index >= 15 is 0 Å². The molecule has 0 aliphatic carbocycles. The lowest BCUT2D eigenvalue weighted by molar-refractivity contribution is 1.16. The fourth-order valence-electron chi connectivity index (χ4n) is 17.6. The molecule has 0 N–H and O–H groups in total. The molecular weight excluding hydrogens is 1310 g/mol. The first-order valence-electron chi connectivity index (χ1n) is 37.1. The van der Waals surface area contributed by atoms with Crippen molar-refractivity contribution in [3.05, 3.63) is 400 Å². The van der Waals surface area contributed by atoms with Crippen LogP contribution < -0.4 is 0 Å². The summed E-state index contributed by atoms with van der Waals surface area (Å²) in [5.74, 6) is 0. The molecule has 17 aromatic carbocycles. The van der Waals surface area contributed by atoms with E-state index in [1.54, 1.807) is 0 Å². The number of para-hydroxylation sites is 9. The molecule has 0 fully saturated rings. The molecular formula is C102H66N6. The number of rotatable bonds is 9. The molecule has 0 aliphatic heterocycles. The summed E-state index contributed by atoms with van der Waals surface area (Å²) >= 11 is 0. The van der Waals surface area contributed by atoms with Crippen LogP contribution in [0.1, 0.15) is 0 Å². The number of benzene rings is 17. The van der Waals surface area contributed by atoms with Crippen molar-refractivity contribution in [2.75, 3.05) is 0 Å². The van der Waals surface area contributed by atoms with Gasteiger partial charge in [0.05, 0.1) is 66.2 Å². The minimum absolute atomic E-state index is 1.15. The first-order valence-corrected chi connectivity index (χ1v) is 37.1. The Morgan fingerprint density at radius 1 is 0.102 bits per heavy atom. The molecule has 23 aromatic rings. The van der Waals surface area contributed by atoms with Crippen molar-refractivity contribution in [1.29, 1.82) is 0 Å². The van der Waals surface area contributed by atoms with Crippen LogP contribution in [0.15, 0.2) is 400 Å². The number of fused-ring (bicyclic) bond motifs is 18. The van der Waals surface area contributed by atoms with Crippen molar-refractivity contribution in [2.45, 2.75) is 0 Å². The zero-order valence-electron chi connectivity index (χ0n) is 58.8. The van der Waals surface area contributed by atoms with Crippen LogP contribution in [0.4, 0.5) is 0 Å². The SMILES string of the molecule is c1ccc(-c2cccc(-n3c4ccccc4c4cc5c6cc(-c7ccc8c(c7)c7ccccc7n8-c7ccccc7)ccc6n(-c6ccccc6)c5cc43)c2)cc1.c1ccc(-n2c3ccccc3c3ccc(-c4ccc5c(c4)c4cc6c7ccccc7n(-c7ccccc7)c6cc4n5-c4ccccc4)cc32)cc1. The largest absolute Gasteiger partial charge is 0.309 e. The van der Waals surface area contributed by atoms with E-state index in [4.69, 9.17) is 0 Å². The molecule has 0 aliphatic rings. The van der Waals surface area contributed by atoms with Gasteiger partial charge >= 0.3 is 0 Å². The minimum atomic E-state index is 1.15. The van der Waals surface area contributed by atoms with Gasteiger partial charge in [0.15, 0.2) is 0 Å². The maximum atomic E-state index is 2.44. The predicted molar refractivity (Wildman–Crippen MR) is 455 cm³/mol. The van der Waals surface area contributed by atoms with Crippen LogP contribution in [0.25, 0.3) is 198 Å². The molecule has 0 saturated carbocycles. The quantitative estimate of drug-likeness (QED) is 0.138. The van der Waals surface area contributed by atoms with E-state index in [2.05, 4.69) is 428 Å². The topological polar surface area (TPSA) is 29.6 Å². The van der Waals surface area contributed by atoms with Crippen LogP contribution in [0.3, 0.4) is 0 Å². The van der Waals surface area contributed by atoms with Crippen molar-refractivity contribution in [2.24, 2.45) is 0 Å². The normalized spacial score (nSPS) is 11.9. The molecule has 504 valence electrons. The van der Waals surface area contributed by atoms with Gasteiger partial charge in [-0.15, -0.1) is 0 Å².